The lowest BCUT2D eigenvalue weighted by atomic mass is 9.81. The molecule has 0 saturated carbocycles. The zero-order chi connectivity index (χ0) is 14.0. The fourth-order valence-corrected chi connectivity index (χ4v) is 3.55. The van der Waals surface area contributed by atoms with E-state index in [1.165, 1.54) is 51.9 Å². The van der Waals surface area contributed by atoms with Gasteiger partial charge in [0.25, 0.3) is 0 Å². The highest BCUT2D eigenvalue weighted by atomic mass is 15.3. The van der Waals surface area contributed by atoms with Gasteiger partial charge in [-0.05, 0) is 37.1 Å². The molecule has 0 aromatic rings. The lowest BCUT2D eigenvalue weighted by molar-refractivity contribution is -0.00726. The van der Waals surface area contributed by atoms with Crippen molar-refractivity contribution in [3.05, 3.63) is 0 Å². The van der Waals surface area contributed by atoms with E-state index in [0.29, 0.717) is 5.41 Å². The van der Waals surface area contributed by atoms with Gasteiger partial charge in [0.15, 0.2) is 0 Å². The first-order chi connectivity index (χ1) is 8.91. The first kappa shape index (κ1) is 15.3. The minimum absolute atomic E-state index is 0.433. The molecule has 0 bridgehead atoms. The summed E-state index contributed by atoms with van der Waals surface area (Å²) in [6, 6.07) is 1.64. The van der Waals surface area contributed by atoms with Gasteiger partial charge in [0, 0.05) is 31.7 Å². The summed E-state index contributed by atoms with van der Waals surface area (Å²) in [5.74, 6) is 0.775. The molecule has 0 N–H and O–H groups in total. The Labute approximate surface area is 120 Å². The largest absolute Gasteiger partial charge is 0.298 e. The number of nitrogens with zero attached hydrogens (tertiary/aromatic N) is 2. The molecular weight excluding hydrogens is 232 g/mol. The third-order valence-electron chi connectivity index (χ3n) is 5.61. The second-order valence-corrected chi connectivity index (χ2v) is 7.93. The van der Waals surface area contributed by atoms with Crippen molar-refractivity contribution in [3.8, 4) is 0 Å². The van der Waals surface area contributed by atoms with Crippen molar-refractivity contribution in [3.63, 3.8) is 0 Å². The Kier molecular flexibility index (Phi) is 4.94. The summed E-state index contributed by atoms with van der Waals surface area (Å²) in [6.07, 6.45) is 5.60. The fourth-order valence-electron chi connectivity index (χ4n) is 3.55. The normalized spacial score (nSPS) is 32.1. The summed E-state index contributed by atoms with van der Waals surface area (Å²) >= 11 is 0. The molecule has 2 nitrogen and oxygen atoms in total. The van der Waals surface area contributed by atoms with Gasteiger partial charge in [0.2, 0.25) is 0 Å². The van der Waals surface area contributed by atoms with Gasteiger partial charge in [0.05, 0.1) is 0 Å². The Morgan fingerprint density at radius 1 is 1.16 bits per heavy atom. The van der Waals surface area contributed by atoms with Crippen molar-refractivity contribution in [1.82, 2.24) is 9.80 Å². The van der Waals surface area contributed by atoms with Crippen molar-refractivity contribution >= 4 is 0 Å². The van der Waals surface area contributed by atoms with Crippen LogP contribution in [-0.4, -0.2) is 48.1 Å². The van der Waals surface area contributed by atoms with E-state index in [4.69, 9.17) is 0 Å². The SMILES string of the molecule is CCC1CN2CCCCC2CN1CC(C)C(C)(C)C. The summed E-state index contributed by atoms with van der Waals surface area (Å²) in [4.78, 5) is 5.58. The first-order valence-electron chi connectivity index (χ1n) is 8.40. The molecule has 0 aliphatic carbocycles. The highest BCUT2D eigenvalue weighted by molar-refractivity contribution is 4.91. The predicted octanol–water partition coefficient (Wildman–Crippen LogP) is 3.62. The highest BCUT2D eigenvalue weighted by Crippen LogP contribution is 2.30. The lowest BCUT2D eigenvalue weighted by Gasteiger charge is -2.49. The summed E-state index contributed by atoms with van der Waals surface area (Å²) in [5.41, 5.74) is 0.433. The Morgan fingerprint density at radius 3 is 2.53 bits per heavy atom. The van der Waals surface area contributed by atoms with Crippen LogP contribution in [0.15, 0.2) is 0 Å². The molecule has 2 aliphatic rings. The number of piperazine rings is 1. The summed E-state index contributed by atoms with van der Waals surface area (Å²) in [6.45, 7) is 17.2. The van der Waals surface area contributed by atoms with Crippen LogP contribution in [0.3, 0.4) is 0 Å². The van der Waals surface area contributed by atoms with E-state index in [1.807, 2.05) is 0 Å². The standard InChI is InChI=1S/C17H34N2/c1-6-15-12-18-10-8-7-9-16(18)13-19(15)11-14(2)17(3,4)5/h14-16H,6-13H2,1-5H3. The zero-order valence-electron chi connectivity index (χ0n) is 13.8. The molecule has 0 spiro atoms. The van der Waals surface area contributed by atoms with Gasteiger partial charge < -0.3 is 0 Å². The molecule has 3 atom stereocenters. The monoisotopic (exact) mass is 266 g/mol. The molecule has 0 radical (unpaired) electrons. The van der Waals surface area contributed by atoms with Crippen molar-refractivity contribution in [1.29, 1.82) is 0 Å². The van der Waals surface area contributed by atoms with Crippen LogP contribution in [-0.2, 0) is 0 Å². The highest BCUT2D eigenvalue weighted by Gasteiger charge is 2.35. The summed E-state index contributed by atoms with van der Waals surface area (Å²) < 4.78 is 0. The lowest BCUT2D eigenvalue weighted by Crippen LogP contribution is -2.60. The van der Waals surface area contributed by atoms with Gasteiger partial charge in [-0.25, -0.2) is 0 Å². The summed E-state index contributed by atoms with van der Waals surface area (Å²) in [7, 11) is 0. The minimum Gasteiger partial charge on any atom is -0.298 e. The molecule has 2 heterocycles. The van der Waals surface area contributed by atoms with Gasteiger partial charge in [-0.3, -0.25) is 9.80 Å². The van der Waals surface area contributed by atoms with Crippen molar-refractivity contribution in [2.45, 2.75) is 72.4 Å². The molecule has 2 heteroatoms. The smallest absolute Gasteiger partial charge is 0.0223 e. The maximum Gasteiger partial charge on any atom is 0.0223 e. The fraction of sp³-hybridized carbons (Fsp3) is 1.00. The Morgan fingerprint density at radius 2 is 1.89 bits per heavy atom. The topological polar surface area (TPSA) is 6.48 Å². The van der Waals surface area contributed by atoms with Gasteiger partial charge >= 0.3 is 0 Å². The molecule has 0 aromatic carbocycles. The molecule has 2 fully saturated rings. The second kappa shape index (κ2) is 6.13. The van der Waals surface area contributed by atoms with Crippen LogP contribution in [0.2, 0.25) is 0 Å². The number of rotatable bonds is 3. The molecule has 112 valence electrons. The number of fused-ring (bicyclic) bond motifs is 1. The molecule has 2 rings (SSSR count). The number of hydrogen-bond acceptors (Lipinski definition) is 2. The third kappa shape index (κ3) is 3.72. The third-order valence-corrected chi connectivity index (χ3v) is 5.61. The summed E-state index contributed by atoms with van der Waals surface area (Å²) in [5, 5.41) is 0. The van der Waals surface area contributed by atoms with Crippen LogP contribution < -0.4 is 0 Å². The van der Waals surface area contributed by atoms with Gasteiger partial charge in [0.1, 0.15) is 0 Å². The van der Waals surface area contributed by atoms with E-state index in [9.17, 15) is 0 Å². The predicted molar refractivity (Wildman–Crippen MR) is 83.5 cm³/mol. The Bertz CT molecular complexity index is 281. The van der Waals surface area contributed by atoms with Crippen LogP contribution in [0, 0.1) is 11.3 Å². The molecule has 19 heavy (non-hydrogen) atoms. The van der Waals surface area contributed by atoms with Crippen LogP contribution in [0.1, 0.15) is 60.3 Å². The van der Waals surface area contributed by atoms with E-state index in [0.717, 1.165) is 18.0 Å². The van der Waals surface area contributed by atoms with Gasteiger partial charge in [-0.1, -0.05) is 41.0 Å². The Hall–Kier alpha value is -0.0800. The van der Waals surface area contributed by atoms with E-state index >= 15 is 0 Å². The number of piperidine rings is 1. The van der Waals surface area contributed by atoms with Crippen molar-refractivity contribution in [2.75, 3.05) is 26.2 Å². The van der Waals surface area contributed by atoms with Crippen LogP contribution in [0.4, 0.5) is 0 Å². The van der Waals surface area contributed by atoms with Crippen LogP contribution in [0.5, 0.6) is 0 Å². The maximum absolute atomic E-state index is 2.81. The zero-order valence-corrected chi connectivity index (χ0v) is 13.8. The van der Waals surface area contributed by atoms with Crippen molar-refractivity contribution in [2.24, 2.45) is 11.3 Å². The average Bonchev–Trinajstić information content (AvgIpc) is 2.36. The molecule has 3 unspecified atom stereocenters. The van der Waals surface area contributed by atoms with E-state index in [2.05, 4.69) is 44.4 Å². The van der Waals surface area contributed by atoms with E-state index in [-0.39, 0.29) is 0 Å². The first-order valence-corrected chi connectivity index (χ1v) is 8.40. The van der Waals surface area contributed by atoms with E-state index in [1.54, 1.807) is 0 Å². The van der Waals surface area contributed by atoms with Crippen LogP contribution >= 0.6 is 0 Å². The van der Waals surface area contributed by atoms with Gasteiger partial charge in [-0.15, -0.1) is 0 Å². The van der Waals surface area contributed by atoms with Crippen LogP contribution in [0.25, 0.3) is 0 Å². The van der Waals surface area contributed by atoms with E-state index < -0.39 is 0 Å². The second-order valence-electron chi connectivity index (χ2n) is 7.93. The quantitative estimate of drug-likeness (QED) is 0.770. The van der Waals surface area contributed by atoms with Crippen molar-refractivity contribution < 1.29 is 0 Å². The average molecular weight is 266 g/mol. The number of hydrogen-bond donors (Lipinski definition) is 0. The minimum atomic E-state index is 0.433. The molecular formula is C17H34N2. The molecule has 2 saturated heterocycles. The van der Waals surface area contributed by atoms with Gasteiger partial charge in [-0.2, -0.15) is 0 Å². The maximum atomic E-state index is 2.81. The molecule has 0 aromatic heterocycles. The molecule has 0 amide bonds. The Balaban J connectivity index is 1.98. The molecule has 2 aliphatic heterocycles.